The first-order valence-corrected chi connectivity index (χ1v) is 4.03. The van der Waals surface area contributed by atoms with Crippen LogP contribution in [0.3, 0.4) is 0 Å². The summed E-state index contributed by atoms with van der Waals surface area (Å²) in [7, 11) is 0. The molecule has 0 radical (unpaired) electrons. The molecule has 72 valence electrons. The van der Waals surface area contributed by atoms with Gasteiger partial charge in [-0.2, -0.15) is 0 Å². The van der Waals surface area contributed by atoms with Gasteiger partial charge in [-0.15, -0.1) is 0 Å². The second-order valence-electron chi connectivity index (χ2n) is 2.35. The summed E-state index contributed by atoms with van der Waals surface area (Å²) in [5.41, 5.74) is 2.31. The van der Waals surface area contributed by atoms with Gasteiger partial charge in [0.15, 0.2) is 0 Å². The summed E-state index contributed by atoms with van der Waals surface area (Å²) >= 11 is 0. The lowest BCUT2D eigenvalue weighted by molar-refractivity contribution is -0.133. The van der Waals surface area contributed by atoms with Gasteiger partial charge in [0.05, 0.1) is 13.2 Å². The maximum atomic E-state index is 10.8. The van der Waals surface area contributed by atoms with Gasteiger partial charge in [-0.3, -0.25) is 9.63 Å². The molecule has 0 aliphatic heterocycles. The molecule has 1 amide bonds. The van der Waals surface area contributed by atoms with Gasteiger partial charge in [0.25, 0.3) is 0 Å². The molecule has 0 atom stereocenters. The third-order valence-corrected chi connectivity index (χ3v) is 1.17. The maximum absolute atomic E-state index is 10.8. The zero-order valence-corrected chi connectivity index (χ0v) is 7.34. The first kappa shape index (κ1) is 11.4. The number of hydrogen-bond acceptors (Lipinski definition) is 4. The Labute approximate surface area is 72.1 Å². The van der Waals surface area contributed by atoms with Crippen molar-refractivity contribution in [1.82, 2.24) is 5.48 Å². The molecular formula is C7H16N2O3. The highest BCUT2D eigenvalue weighted by molar-refractivity contribution is 5.74. The zero-order chi connectivity index (χ0) is 9.23. The van der Waals surface area contributed by atoms with E-state index in [-0.39, 0.29) is 5.91 Å². The Morgan fingerprint density at radius 3 is 2.83 bits per heavy atom. The molecule has 3 N–H and O–H groups in total. The summed E-state index contributed by atoms with van der Waals surface area (Å²) in [6, 6.07) is 0. The molecule has 12 heavy (non-hydrogen) atoms. The van der Waals surface area contributed by atoms with E-state index in [0.717, 1.165) is 6.42 Å². The van der Waals surface area contributed by atoms with E-state index < -0.39 is 0 Å². The van der Waals surface area contributed by atoms with Gasteiger partial charge in [0, 0.05) is 6.42 Å². The second kappa shape index (κ2) is 8.45. The highest BCUT2D eigenvalue weighted by Crippen LogP contribution is 1.86. The van der Waals surface area contributed by atoms with Crippen LogP contribution in [0, 0.1) is 0 Å². The van der Waals surface area contributed by atoms with E-state index in [4.69, 9.17) is 10.7 Å². The smallest absolute Gasteiger partial charge is 0.243 e. The Morgan fingerprint density at radius 1 is 1.50 bits per heavy atom. The Kier molecular flexibility index (Phi) is 7.99. The van der Waals surface area contributed by atoms with Crippen LogP contribution in [0.2, 0.25) is 0 Å². The predicted molar refractivity (Wildman–Crippen MR) is 43.8 cm³/mol. The summed E-state index contributed by atoms with van der Waals surface area (Å²) in [5, 5.41) is 0. The molecule has 0 spiro atoms. The molecule has 0 saturated heterocycles. The lowest BCUT2D eigenvalue weighted by Gasteiger charge is -2.03. The zero-order valence-electron chi connectivity index (χ0n) is 7.34. The van der Waals surface area contributed by atoms with Crippen LogP contribution in [-0.4, -0.2) is 19.1 Å². The summed E-state index contributed by atoms with van der Waals surface area (Å²) in [4.78, 5) is 19.9. The van der Waals surface area contributed by atoms with Crippen molar-refractivity contribution in [1.29, 1.82) is 0 Å². The van der Waals surface area contributed by atoms with Crippen molar-refractivity contribution in [3.05, 3.63) is 0 Å². The fourth-order valence-electron chi connectivity index (χ4n) is 0.624. The normalized spacial score (nSPS) is 9.83. The number of hydrogen-bond donors (Lipinski definition) is 2. The van der Waals surface area contributed by atoms with Gasteiger partial charge in [0.2, 0.25) is 5.91 Å². The van der Waals surface area contributed by atoms with E-state index >= 15 is 0 Å². The van der Waals surface area contributed by atoms with Crippen molar-refractivity contribution in [3.8, 4) is 0 Å². The van der Waals surface area contributed by atoms with Crippen molar-refractivity contribution in [3.63, 3.8) is 0 Å². The highest BCUT2D eigenvalue weighted by atomic mass is 16.7. The van der Waals surface area contributed by atoms with Crippen molar-refractivity contribution in [2.45, 2.75) is 26.2 Å². The molecule has 0 aromatic carbocycles. The average Bonchev–Trinajstić information content (AvgIpc) is 2.05. The van der Waals surface area contributed by atoms with Gasteiger partial charge in [0.1, 0.15) is 0 Å². The van der Waals surface area contributed by atoms with Crippen LogP contribution >= 0.6 is 0 Å². The first-order chi connectivity index (χ1) is 5.81. The molecule has 0 fully saturated rings. The maximum Gasteiger partial charge on any atom is 0.243 e. The lowest BCUT2D eigenvalue weighted by Crippen LogP contribution is -2.24. The molecule has 0 aliphatic rings. The first-order valence-electron chi connectivity index (χ1n) is 4.03. The predicted octanol–water partition coefficient (Wildman–Crippen LogP) is 0.115. The fraction of sp³-hybridized carbons (Fsp3) is 0.857. The Balaban J connectivity index is 3.03. The van der Waals surface area contributed by atoms with E-state index in [1.165, 1.54) is 0 Å². The summed E-state index contributed by atoms with van der Waals surface area (Å²) in [6.45, 7) is 2.79. The molecule has 0 saturated carbocycles. The van der Waals surface area contributed by atoms with Gasteiger partial charge in [-0.05, 0) is 12.8 Å². The molecule has 0 unspecified atom stereocenters. The van der Waals surface area contributed by atoms with E-state index in [2.05, 4.69) is 10.3 Å². The van der Waals surface area contributed by atoms with Gasteiger partial charge in [-0.25, -0.2) is 11.4 Å². The summed E-state index contributed by atoms with van der Waals surface area (Å²) in [6.07, 6.45) is 1.98. The molecule has 0 rings (SSSR count). The number of rotatable bonds is 7. The largest absolute Gasteiger partial charge is 0.305 e. The molecule has 5 nitrogen and oxygen atoms in total. The van der Waals surface area contributed by atoms with E-state index in [1.807, 2.05) is 6.92 Å². The Bertz CT molecular complexity index is 119. The van der Waals surface area contributed by atoms with Crippen molar-refractivity contribution in [2.24, 2.45) is 5.90 Å². The molecule has 0 heterocycles. The van der Waals surface area contributed by atoms with Crippen molar-refractivity contribution < 1.29 is 14.5 Å². The van der Waals surface area contributed by atoms with Crippen LogP contribution in [-0.2, 0) is 14.5 Å². The molecule has 0 aliphatic carbocycles. The van der Waals surface area contributed by atoms with E-state index in [1.54, 1.807) is 0 Å². The van der Waals surface area contributed by atoms with Gasteiger partial charge < -0.3 is 4.84 Å². The summed E-state index contributed by atoms with van der Waals surface area (Å²) in [5.74, 6) is 4.68. The molecule has 0 aromatic rings. The third-order valence-electron chi connectivity index (χ3n) is 1.17. The standard InChI is InChI=1S/C7H16N2O3/c1-2-4-7(10)9-12-6-3-5-11-8/h2-6,8H2,1H3,(H,9,10). The average molecular weight is 176 g/mol. The number of nitrogens with one attached hydrogen (secondary N) is 1. The molecule has 0 bridgehead atoms. The number of amides is 1. The van der Waals surface area contributed by atoms with Crippen molar-refractivity contribution >= 4 is 5.91 Å². The SMILES string of the molecule is CCCC(=O)NOCCCON. The van der Waals surface area contributed by atoms with Crippen LogP contribution in [0.25, 0.3) is 0 Å². The number of carbonyl (C=O) groups is 1. The second-order valence-corrected chi connectivity index (χ2v) is 2.35. The van der Waals surface area contributed by atoms with Crippen LogP contribution in [0.15, 0.2) is 0 Å². The quantitative estimate of drug-likeness (QED) is 0.426. The number of hydroxylamine groups is 1. The topological polar surface area (TPSA) is 73.6 Å². The third kappa shape index (κ3) is 7.46. The van der Waals surface area contributed by atoms with Crippen LogP contribution < -0.4 is 11.4 Å². The van der Waals surface area contributed by atoms with Crippen LogP contribution in [0.4, 0.5) is 0 Å². The van der Waals surface area contributed by atoms with Crippen LogP contribution in [0.5, 0.6) is 0 Å². The summed E-state index contributed by atoms with van der Waals surface area (Å²) < 4.78 is 0. The van der Waals surface area contributed by atoms with E-state index in [9.17, 15) is 4.79 Å². The van der Waals surface area contributed by atoms with E-state index in [0.29, 0.717) is 26.1 Å². The minimum absolute atomic E-state index is 0.0915. The number of carbonyl (C=O) groups excluding carboxylic acids is 1. The number of nitrogens with two attached hydrogens (primary N) is 1. The van der Waals surface area contributed by atoms with Crippen molar-refractivity contribution in [2.75, 3.05) is 13.2 Å². The molecule has 0 aromatic heterocycles. The van der Waals surface area contributed by atoms with Gasteiger partial charge >= 0.3 is 0 Å². The monoisotopic (exact) mass is 176 g/mol. The van der Waals surface area contributed by atoms with Gasteiger partial charge in [-0.1, -0.05) is 6.92 Å². The minimum Gasteiger partial charge on any atom is -0.305 e. The van der Waals surface area contributed by atoms with Crippen LogP contribution in [0.1, 0.15) is 26.2 Å². The minimum atomic E-state index is -0.0915. The lowest BCUT2D eigenvalue weighted by atomic mass is 10.3. The fourth-order valence-corrected chi connectivity index (χ4v) is 0.624. The highest BCUT2D eigenvalue weighted by Gasteiger charge is 1.97. The Morgan fingerprint density at radius 2 is 2.25 bits per heavy atom. The molecule has 5 heteroatoms. The molecular weight excluding hydrogens is 160 g/mol. The Hall–Kier alpha value is -0.650.